The average molecular weight is 645 g/mol. The third-order valence-corrected chi connectivity index (χ3v) is 15.9. The Labute approximate surface area is 292 Å². The van der Waals surface area contributed by atoms with E-state index < -0.39 is 0 Å². The van der Waals surface area contributed by atoms with Gasteiger partial charge in [-0.15, -0.1) is 0 Å². The molecule has 11 atom stereocenters. The number of rotatable bonds is 3. The quantitative estimate of drug-likeness (QED) is 0.190. The number of hydrogen-bond acceptors (Lipinski definition) is 1. The molecule has 1 heteroatoms. The number of hydrogen-bond donors (Lipinski definition) is 0. The van der Waals surface area contributed by atoms with Crippen molar-refractivity contribution in [1.29, 1.82) is 0 Å². The van der Waals surface area contributed by atoms with Crippen molar-refractivity contribution >= 4 is 21.9 Å². The number of fused-ring (bicyclic) bond motifs is 9. The maximum absolute atomic E-state index is 6.53. The van der Waals surface area contributed by atoms with Gasteiger partial charge in [0.15, 0.2) is 0 Å². The Morgan fingerprint density at radius 3 is 1.82 bits per heavy atom. The van der Waals surface area contributed by atoms with Crippen molar-refractivity contribution in [2.75, 3.05) is 0 Å². The molecule has 49 heavy (non-hydrogen) atoms. The third kappa shape index (κ3) is 4.55. The minimum Gasteiger partial charge on any atom is -0.455 e. The van der Waals surface area contributed by atoms with Gasteiger partial charge < -0.3 is 4.42 Å². The molecule has 4 aromatic carbocycles. The molecule has 0 radical (unpaired) electrons. The fourth-order valence-corrected chi connectivity index (χ4v) is 14.3. The van der Waals surface area contributed by atoms with Gasteiger partial charge in [-0.2, -0.15) is 0 Å². The summed E-state index contributed by atoms with van der Waals surface area (Å²) >= 11 is 0. The summed E-state index contributed by atoms with van der Waals surface area (Å²) in [5.41, 5.74) is 8.62. The van der Waals surface area contributed by atoms with Crippen molar-refractivity contribution in [3.05, 3.63) is 96.6 Å². The highest BCUT2D eigenvalue weighted by atomic mass is 16.3. The SMILES string of the molecule is c1ccc(-c2cccc3c2oc2ccc(-c4cccc(C5CCC6C(C5)C5CCCC7C8CCCCC8C8CCCC6C8C75)c4)cc23)cc1. The first kappa shape index (κ1) is 29.4. The van der Waals surface area contributed by atoms with Gasteiger partial charge in [0.25, 0.3) is 0 Å². The van der Waals surface area contributed by atoms with E-state index in [1.807, 2.05) is 0 Å². The molecule has 1 heterocycles. The van der Waals surface area contributed by atoms with Gasteiger partial charge >= 0.3 is 0 Å². The second-order valence-corrected chi connectivity index (χ2v) is 17.6. The van der Waals surface area contributed by atoms with Gasteiger partial charge in [-0.3, -0.25) is 0 Å². The van der Waals surface area contributed by atoms with Gasteiger partial charge in [0.2, 0.25) is 0 Å². The molecule has 11 unspecified atom stereocenters. The van der Waals surface area contributed by atoms with Gasteiger partial charge in [0.1, 0.15) is 11.2 Å². The van der Waals surface area contributed by atoms with Crippen LogP contribution in [0.15, 0.2) is 95.4 Å². The first-order valence-corrected chi connectivity index (χ1v) is 20.4. The molecule has 6 aliphatic carbocycles. The highest BCUT2D eigenvalue weighted by Crippen LogP contribution is 2.69. The summed E-state index contributed by atoms with van der Waals surface area (Å²) in [6, 6.07) is 33.9. The average Bonchev–Trinajstić information content (AvgIpc) is 3.56. The molecule has 5 aromatic rings. The van der Waals surface area contributed by atoms with Gasteiger partial charge in [-0.1, -0.05) is 105 Å². The molecule has 0 saturated heterocycles. The van der Waals surface area contributed by atoms with Crippen LogP contribution in [0.25, 0.3) is 44.2 Å². The second kappa shape index (κ2) is 11.6. The zero-order valence-electron chi connectivity index (χ0n) is 29.1. The Bertz CT molecular complexity index is 2000. The summed E-state index contributed by atoms with van der Waals surface area (Å²) in [5, 5.41) is 2.43. The van der Waals surface area contributed by atoms with Gasteiger partial charge in [0, 0.05) is 16.3 Å². The molecule has 1 nitrogen and oxygen atoms in total. The summed E-state index contributed by atoms with van der Waals surface area (Å²) in [6.07, 6.45) is 19.9. The van der Waals surface area contributed by atoms with E-state index in [1.54, 1.807) is 44.1 Å². The minimum absolute atomic E-state index is 0.718. The molecule has 1 aromatic heterocycles. The van der Waals surface area contributed by atoms with Crippen LogP contribution < -0.4 is 0 Å². The Morgan fingerprint density at radius 1 is 0.429 bits per heavy atom. The predicted octanol–water partition coefficient (Wildman–Crippen LogP) is 13.3. The molecule has 6 aliphatic rings. The molecular formula is C48H52O. The van der Waals surface area contributed by atoms with Crippen LogP contribution in [-0.2, 0) is 0 Å². The molecule has 0 N–H and O–H groups in total. The fourth-order valence-electron chi connectivity index (χ4n) is 14.3. The normalized spacial score (nSPS) is 36.5. The Kier molecular flexibility index (Phi) is 6.97. The van der Waals surface area contributed by atoms with Gasteiger partial charge in [0.05, 0.1) is 0 Å². The lowest BCUT2D eigenvalue weighted by atomic mass is 9.37. The molecule has 11 rings (SSSR count). The number of furan rings is 1. The third-order valence-electron chi connectivity index (χ3n) is 15.9. The van der Waals surface area contributed by atoms with E-state index in [0.717, 1.165) is 76.3 Å². The lowest BCUT2D eigenvalue weighted by Gasteiger charge is -2.67. The molecule has 0 aliphatic heterocycles. The highest BCUT2D eigenvalue weighted by Gasteiger charge is 2.62. The van der Waals surface area contributed by atoms with Crippen LogP contribution in [0.5, 0.6) is 0 Å². The van der Waals surface area contributed by atoms with Crippen LogP contribution in [0.2, 0.25) is 0 Å². The molecule has 6 fully saturated rings. The summed E-state index contributed by atoms with van der Waals surface area (Å²) in [4.78, 5) is 0. The van der Waals surface area contributed by atoms with Crippen LogP contribution in [0, 0.1) is 59.2 Å². The highest BCUT2D eigenvalue weighted by molar-refractivity contribution is 6.10. The molecular weight excluding hydrogens is 593 g/mol. The van der Waals surface area contributed by atoms with Crippen molar-refractivity contribution in [2.45, 2.75) is 89.4 Å². The minimum atomic E-state index is 0.718. The van der Waals surface area contributed by atoms with Crippen LogP contribution in [0.1, 0.15) is 95.0 Å². The van der Waals surface area contributed by atoms with Crippen molar-refractivity contribution in [1.82, 2.24) is 0 Å². The lowest BCUT2D eigenvalue weighted by Crippen LogP contribution is -2.61. The van der Waals surface area contributed by atoms with Crippen molar-refractivity contribution in [3.63, 3.8) is 0 Å². The van der Waals surface area contributed by atoms with Crippen molar-refractivity contribution in [2.24, 2.45) is 59.2 Å². The fraction of sp³-hybridized carbons (Fsp3) is 0.500. The first-order valence-electron chi connectivity index (χ1n) is 20.4. The Balaban J connectivity index is 0.908. The lowest BCUT2D eigenvalue weighted by molar-refractivity contribution is -0.188. The van der Waals surface area contributed by atoms with E-state index in [4.69, 9.17) is 4.42 Å². The van der Waals surface area contributed by atoms with Crippen molar-refractivity contribution in [3.8, 4) is 22.3 Å². The second-order valence-electron chi connectivity index (χ2n) is 17.6. The topological polar surface area (TPSA) is 13.1 Å². The molecule has 250 valence electrons. The Morgan fingerprint density at radius 2 is 1.06 bits per heavy atom. The summed E-state index contributed by atoms with van der Waals surface area (Å²) in [6.45, 7) is 0. The van der Waals surface area contributed by atoms with E-state index >= 15 is 0 Å². The zero-order chi connectivity index (χ0) is 32.1. The zero-order valence-corrected chi connectivity index (χ0v) is 29.1. The van der Waals surface area contributed by atoms with E-state index in [-0.39, 0.29) is 0 Å². The van der Waals surface area contributed by atoms with Crippen LogP contribution in [0.4, 0.5) is 0 Å². The largest absolute Gasteiger partial charge is 0.455 e. The van der Waals surface area contributed by atoms with E-state index in [9.17, 15) is 0 Å². The maximum Gasteiger partial charge on any atom is 0.143 e. The number of benzene rings is 4. The molecule has 6 saturated carbocycles. The standard InChI is InChI=1S/C48H52O/c1-2-10-29(11-3-1)34-16-7-21-42-44-28-33(23-25-45(44)49-48(34)42)31-13-6-12-30(26-31)32-22-24-37-40-19-8-17-38-35-14-4-5-15-36(35)39-18-9-20-41(43(37)27-32)47(39)46(38)40/h1-3,6-7,10-13,16,21,23,25-26,28,32,35-41,43,46-47H,4-5,8-9,14-15,17-20,22,24,27H2. The van der Waals surface area contributed by atoms with Crippen LogP contribution in [0.3, 0.4) is 0 Å². The summed E-state index contributed by atoms with van der Waals surface area (Å²) < 4.78 is 6.53. The van der Waals surface area contributed by atoms with Crippen LogP contribution in [-0.4, -0.2) is 0 Å². The molecule has 0 bridgehead atoms. The van der Waals surface area contributed by atoms with E-state index in [1.165, 1.54) is 78.0 Å². The van der Waals surface area contributed by atoms with Gasteiger partial charge in [-0.25, -0.2) is 0 Å². The smallest absolute Gasteiger partial charge is 0.143 e. The van der Waals surface area contributed by atoms with E-state index in [2.05, 4.69) is 91.0 Å². The maximum atomic E-state index is 6.53. The number of para-hydroxylation sites is 1. The first-order chi connectivity index (χ1) is 24.3. The summed E-state index contributed by atoms with van der Waals surface area (Å²) in [7, 11) is 0. The monoisotopic (exact) mass is 644 g/mol. The van der Waals surface area contributed by atoms with Crippen LogP contribution >= 0.6 is 0 Å². The molecule has 0 spiro atoms. The van der Waals surface area contributed by atoms with Crippen molar-refractivity contribution < 1.29 is 4.42 Å². The van der Waals surface area contributed by atoms with E-state index in [0.29, 0.717) is 0 Å². The van der Waals surface area contributed by atoms with Gasteiger partial charge in [-0.05, 0) is 157 Å². The molecule has 0 amide bonds. The summed E-state index contributed by atoms with van der Waals surface area (Å²) in [5.74, 6) is 11.3. The Hall–Kier alpha value is -3.32. The predicted molar refractivity (Wildman–Crippen MR) is 202 cm³/mol.